The van der Waals surface area contributed by atoms with E-state index in [9.17, 15) is 14.9 Å². The van der Waals surface area contributed by atoms with Crippen LogP contribution >= 0.6 is 0 Å². The summed E-state index contributed by atoms with van der Waals surface area (Å²) in [4.78, 5) is 35.7. The van der Waals surface area contributed by atoms with E-state index in [2.05, 4.69) is 26.3 Å². The van der Waals surface area contributed by atoms with Crippen LogP contribution in [0.2, 0.25) is 0 Å². The van der Waals surface area contributed by atoms with Crippen LogP contribution in [-0.4, -0.2) is 48.6 Å². The maximum absolute atomic E-state index is 12.8. The van der Waals surface area contributed by atoms with Crippen molar-refractivity contribution in [2.45, 2.75) is 26.2 Å². The number of nitrogens with one attached hydrogen (secondary N) is 1. The minimum atomic E-state index is -0.448. The van der Waals surface area contributed by atoms with E-state index in [-0.39, 0.29) is 5.91 Å². The molecule has 1 aliphatic heterocycles. The third-order valence-electron chi connectivity index (χ3n) is 7.09. The van der Waals surface area contributed by atoms with E-state index in [1.54, 1.807) is 24.3 Å². The SMILES string of the molecule is CCc1cc(C#N)cc2nc(-c3ccc(C(=O)NCC4CCN(c5cccc(C(=O)OC)n5)CC4)cc3)oc12. The number of pyridine rings is 1. The van der Waals surface area contributed by atoms with E-state index < -0.39 is 5.97 Å². The summed E-state index contributed by atoms with van der Waals surface area (Å²) in [5.41, 5.74) is 4.46. The van der Waals surface area contributed by atoms with Gasteiger partial charge >= 0.3 is 5.97 Å². The first-order valence-electron chi connectivity index (χ1n) is 13.0. The number of aromatic nitrogens is 2. The van der Waals surface area contributed by atoms with Crippen LogP contribution in [0.15, 0.2) is 59.0 Å². The second-order valence-electron chi connectivity index (χ2n) is 9.56. The molecule has 0 aliphatic carbocycles. The number of esters is 1. The monoisotopic (exact) mass is 523 g/mol. The van der Waals surface area contributed by atoms with Gasteiger partial charge in [0.05, 0.1) is 18.7 Å². The average Bonchev–Trinajstić information content (AvgIpc) is 3.43. The number of rotatable bonds is 7. The lowest BCUT2D eigenvalue weighted by atomic mass is 9.96. The predicted octanol–water partition coefficient (Wildman–Crippen LogP) is 4.76. The summed E-state index contributed by atoms with van der Waals surface area (Å²) in [6, 6.07) is 18.3. The number of fused-ring (bicyclic) bond motifs is 1. The van der Waals surface area contributed by atoms with E-state index >= 15 is 0 Å². The number of carbonyl (C=O) groups excluding carboxylic acids is 2. The summed E-state index contributed by atoms with van der Waals surface area (Å²) < 4.78 is 10.8. The number of methoxy groups -OCH3 is 1. The van der Waals surface area contributed by atoms with Crippen molar-refractivity contribution in [2.24, 2.45) is 5.92 Å². The fraction of sp³-hybridized carbons (Fsp3) is 0.300. The molecule has 0 bridgehead atoms. The van der Waals surface area contributed by atoms with Gasteiger partial charge in [0.1, 0.15) is 11.3 Å². The number of amides is 1. The first kappa shape index (κ1) is 25.9. The molecule has 1 saturated heterocycles. The summed E-state index contributed by atoms with van der Waals surface area (Å²) in [7, 11) is 1.34. The number of anilines is 1. The molecule has 39 heavy (non-hydrogen) atoms. The van der Waals surface area contributed by atoms with E-state index in [4.69, 9.17) is 9.15 Å². The molecule has 0 saturated carbocycles. The molecule has 0 unspecified atom stereocenters. The van der Waals surface area contributed by atoms with Crippen LogP contribution in [0.4, 0.5) is 5.82 Å². The van der Waals surface area contributed by atoms with Crippen molar-refractivity contribution >= 4 is 28.8 Å². The Morgan fingerprint density at radius 3 is 2.59 bits per heavy atom. The van der Waals surface area contributed by atoms with Crippen LogP contribution in [0.1, 0.15) is 51.7 Å². The van der Waals surface area contributed by atoms with Gasteiger partial charge < -0.3 is 19.4 Å². The maximum atomic E-state index is 12.8. The second kappa shape index (κ2) is 11.4. The van der Waals surface area contributed by atoms with Gasteiger partial charge in [-0.1, -0.05) is 13.0 Å². The molecule has 198 valence electrons. The highest BCUT2D eigenvalue weighted by molar-refractivity contribution is 5.94. The van der Waals surface area contributed by atoms with Crippen LogP contribution in [0.5, 0.6) is 0 Å². The van der Waals surface area contributed by atoms with Crippen molar-refractivity contribution in [3.63, 3.8) is 0 Å². The topological polar surface area (TPSA) is 121 Å². The Morgan fingerprint density at radius 1 is 1.13 bits per heavy atom. The van der Waals surface area contributed by atoms with Crippen LogP contribution in [0.3, 0.4) is 0 Å². The van der Waals surface area contributed by atoms with Crippen LogP contribution in [0.25, 0.3) is 22.6 Å². The summed E-state index contributed by atoms with van der Waals surface area (Å²) in [6.07, 6.45) is 2.56. The molecule has 5 rings (SSSR count). The molecule has 0 radical (unpaired) electrons. The Labute approximate surface area is 226 Å². The number of carbonyl (C=O) groups is 2. The molecule has 9 nitrogen and oxygen atoms in total. The normalized spacial score (nSPS) is 13.7. The Hall–Kier alpha value is -4.71. The zero-order chi connectivity index (χ0) is 27.4. The van der Waals surface area contributed by atoms with E-state index in [1.807, 2.05) is 37.3 Å². The lowest BCUT2D eigenvalue weighted by Gasteiger charge is -2.33. The first-order valence-corrected chi connectivity index (χ1v) is 13.0. The molecule has 9 heteroatoms. The lowest BCUT2D eigenvalue weighted by Crippen LogP contribution is -2.39. The van der Waals surface area contributed by atoms with Crippen molar-refractivity contribution in [3.8, 4) is 17.5 Å². The Kier molecular flexibility index (Phi) is 7.55. The molecular weight excluding hydrogens is 494 g/mol. The van der Waals surface area contributed by atoms with Crippen molar-refractivity contribution in [3.05, 3.63) is 77.0 Å². The molecule has 0 spiro atoms. The molecule has 4 aromatic rings. The van der Waals surface area contributed by atoms with Crippen molar-refractivity contribution in [1.82, 2.24) is 15.3 Å². The number of hydrogen-bond acceptors (Lipinski definition) is 8. The molecule has 0 atom stereocenters. The quantitative estimate of drug-likeness (QED) is 0.344. The minimum Gasteiger partial charge on any atom is -0.464 e. The number of benzene rings is 2. The molecular formula is C30H29N5O4. The average molecular weight is 524 g/mol. The number of ether oxygens (including phenoxy) is 1. The highest BCUT2D eigenvalue weighted by atomic mass is 16.5. The van der Waals surface area contributed by atoms with E-state index in [0.717, 1.165) is 49.3 Å². The Bertz CT molecular complexity index is 1550. The largest absolute Gasteiger partial charge is 0.464 e. The number of oxazole rings is 1. The molecule has 1 aliphatic rings. The summed E-state index contributed by atoms with van der Waals surface area (Å²) in [5, 5.41) is 12.3. The first-order chi connectivity index (χ1) is 19.0. The maximum Gasteiger partial charge on any atom is 0.356 e. The third kappa shape index (κ3) is 5.60. The number of nitriles is 1. The summed E-state index contributed by atoms with van der Waals surface area (Å²) in [6.45, 7) is 4.20. The highest BCUT2D eigenvalue weighted by Crippen LogP contribution is 2.28. The molecule has 1 N–H and O–H groups in total. The van der Waals surface area contributed by atoms with Gasteiger partial charge in [-0.25, -0.2) is 14.8 Å². The van der Waals surface area contributed by atoms with Gasteiger partial charge in [-0.3, -0.25) is 4.79 Å². The minimum absolute atomic E-state index is 0.124. The van der Waals surface area contributed by atoms with Gasteiger partial charge in [0, 0.05) is 30.8 Å². The second-order valence-corrected chi connectivity index (χ2v) is 9.56. The molecule has 1 fully saturated rings. The zero-order valence-electron chi connectivity index (χ0n) is 21.9. The third-order valence-corrected chi connectivity index (χ3v) is 7.09. The zero-order valence-corrected chi connectivity index (χ0v) is 21.9. The van der Waals surface area contributed by atoms with Gasteiger partial charge in [0.2, 0.25) is 5.89 Å². The van der Waals surface area contributed by atoms with Crippen molar-refractivity contribution in [2.75, 3.05) is 31.6 Å². The number of aryl methyl sites for hydroxylation is 1. The Balaban J connectivity index is 1.16. The summed E-state index contributed by atoms with van der Waals surface area (Å²) >= 11 is 0. The van der Waals surface area contributed by atoms with Crippen molar-refractivity contribution in [1.29, 1.82) is 5.26 Å². The van der Waals surface area contributed by atoms with Crippen LogP contribution in [-0.2, 0) is 11.2 Å². The smallest absolute Gasteiger partial charge is 0.356 e. The molecule has 2 aromatic carbocycles. The number of piperidine rings is 1. The van der Waals surface area contributed by atoms with Crippen LogP contribution < -0.4 is 10.2 Å². The summed E-state index contributed by atoms with van der Waals surface area (Å²) in [5.74, 6) is 1.01. The van der Waals surface area contributed by atoms with Gasteiger partial charge in [0.15, 0.2) is 11.3 Å². The van der Waals surface area contributed by atoms with Gasteiger partial charge in [0.25, 0.3) is 5.91 Å². The fourth-order valence-electron chi connectivity index (χ4n) is 4.84. The number of hydrogen-bond donors (Lipinski definition) is 1. The fourth-order valence-corrected chi connectivity index (χ4v) is 4.84. The Morgan fingerprint density at radius 2 is 1.90 bits per heavy atom. The number of nitrogens with zero attached hydrogens (tertiary/aromatic N) is 4. The van der Waals surface area contributed by atoms with Crippen LogP contribution in [0, 0.1) is 17.2 Å². The van der Waals surface area contributed by atoms with Gasteiger partial charge in [-0.15, -0.1) is 0 Å². The van der Waals surface area contributed by atoms with Crippen molar-refractivity contribution < 1.29 is 18.7 Å². The van der Waals surface area contributed by atoms with Gasteiger partial charge in [-0.05, 0) is 79.3 Å². The molecule has 1 amide bonds. The standard InChI is InChI=1S/C30H29N5O4/c1-3-21-15-20(17-31)16-25-27(21)39-29(34-25)23-9-7-22(8-10-23)28(36)32-18-19-11-13-35(14-12-19)26-6-4-5-24(33-26)30(37)38-2/h4-10,15-16,19H,3,11-14,18H2,1-2H3,(H,32,36). The van der Waals surface area contributed by atoms with Gasteiger partial charge in [-0.2, -0.15) is 5.26 Å². The predicted molar refractivity (Wildman–Crippen MR) is 146 cm³/mol. The van der Waals surface area contributed by atoms with E-state index in [0.29, 0.717) is 46.3 Å². The molecule has 3 heterocycles. The molecule has 2 aromatic heterocycles. The van der Waals surface area contributed by atoms with E-state index in [1.165, 1.54) is 7.11 Å². The lowest BCUT2D eigenvalue weighted by molar-refractivity contribution is 0.0594. The highest BCUT2D eigenvalue weighted by Gasteiger charge is 2.22.